The van der Waals surface area contributed by atoms with Gasteiger partial charge in [-0.2, -0.15) is 0 Å². The molecule has 0 unspecified atom stereocenters. The topological polar surface area (TPSA) is 62.8 Å². The van der Waals surface area contributed by atoms with Gasteiger partial charge < -0.3 is 25.0 Å². The van der Waals surface area contributed by atoms with E-state index in [-0.39, 0.29) is 6.03 Å². The van der Waals surface area contributed by atoms with Crippen LogP contribution in [0.25, 0.3) is 0 Å². The predicted molar refractivity (Wildman–Crippen MR) is 98.3 cm³/mol. The Morgan fingerprint density at radius 3 is 2.64 bits per heavy atom. The molecule has 0 saturated carbocycles. The minimum atomic E-state index is -0.245. The number of hydrogen-bond acceptors (Lipinski definition) is 4. The maximum Gasteiger partial charge on any atom is 0.319 e. The minimum absolute atomic E-state index is 0.245. The Labute approximate surface area is 147 Å². The van der Waals surface area contributed by atoms with E-state index in [2.05, 4.69) is 27.7 Å². The van der Waals surface area contributed by atoms with Gasteiger partial charge in [-0.15, -0.1) is 0 Å². The summed E-state index contributed by atoms with van der Waals surface area (Å²) in [5, 5.41) is 5.66. The van der Waals surface area contributed by atoms with Gasteiger partial charge in [0.15, 0.2) is 0 Å². The van der Waals surface area contributed by atoms with Crippen LogP contribution in [0.4, 0.5) is 16.2 Å². The van der Waals surface area contributed by atoms with Crippen molar-refractivity contribution in [3.05, 3.63) is 54.1 Å². The number of amides is 2. The van der Waals surface area contributed by atoms with Gasteiger partial charge in [-0.05, 0) is 29.8 Å². The van der Waals surface area contributed by atoms with Crippen LogP contribution in [0.2, 0.25) is 0 Å². The first kappa shape index (κ1) is 17.1. The van der Waals surface area contributed by atoms with Crippen molar-refractivity contribution >= 4 is 17.4 Å². The van der Waals surface area contributed by atoms with Gasteiger partial charge in [0.2, 0.25) is 0 Å². The van der Waals surface area contributed by atoms with E-state index in [0.29, 0.717) is 18.0 Å². The molecular weight excluding hydrogens is 318 g/mol. The van der Waals surface area contributed by atoms with Gasteiger partial charge in [0.05, 0.1) is 20.3 Å². The fourth-order valence-corrected chi connectivity index (χ4v) is 2.70. The zero-order valence-corrected chi connectivity index (χ0v) is 14.3. The fourth-order valence-electron chi connectivity index (χ4n) is 2.70. The second kappa shape index (κ2) is 8.39. The molecule has 6 nitrogen and oxygen atoms in total. The summed E-state index contributed by atoms with van der Waals surface area (Å²) in [6.45, 7) is 3.85. The van der Waals surface area contributed by atoms with E-state index in [1.165, 1.54) is 5.69 Å². The van der Waals surface area contributed by atoms with Crippen molar-refractivity contribution in [1.82, 2.24) is 5.32 Å². The molecule has 0 atom stereocenters. The van der Waals surface area contributed by atoms with Gasteiger partial charge in [0.25, 0.3) is 0 Å². The van der Waals surface area contributed by atoms with E-state index in [4.69, 9.17) is 9.47 Å². The smallest absolute Gasteiger partial charge is 0.319 e. The number of anilines is 2. The second-order valence-electron chi connectivity index (χ2n) is 5.81. The predicted octanol–water partition coefficient (Wildman–Crippen LogP) is 2.85. The number of carbonyl (C=O) groups excluding carboxylic acids is 1. The molecule has 2 aromatic rings. The number of benzene rings is 2. The summed E-state index contributed by atoms with van der Waals surface area (Å²) in [6, 6.07) is 15.3. The molecule has 25 heavy (non-hydrogen) atoms. The van der Waals surface area contributed by atoms with Crippen LogP contribution in [0.1, 0.15) is 5.56 Å². The van der Waals surface area contributed by atoms with Gasteiger partial charge in [0, 0.05) is 37.1 Å². The zero-order chi connectivity index (χ0) is 17.5. The first-order chi connectivity index (χ1) is 12.2. The number of nitrogens with zero attached hydrogens (tertiary/aromatic N) is 1. The van der Waals surface area contributed by atoms with Crippen LogP contribution in [-0.2, 0) is 11.3 Å². The molecule has 0 radical (unpaired) electrons. The zero-order valence-electron chi connectivity index (χ0n) is 14.3. The lowest BCUT2D eigenvalue weighted by atomic mass is 10.2. The van der Waals surface area contributed by atoms with Crippen molar-refractivity contribution in [3.8, 4) is 5.75 Å². The van der Waals surface area contributed by atoms with Crippen LogP contribution >= 0.6 is 0 Å². The summed E-state index contributed by atoms with van der Waals surface area (Å²) in [4.78, 5) is 14.3. The first-order valence-electron chi connectivity index (χ1n) is 8.35. The number of nitrogens with one attached hydrogen (secondary N) is 2. The number of morpholine rings is 1. The molecule has 0 spiro atoms. The fraction of sp³-hybridized carbons (Fsp3) is 0.316. The third-order valence-electron chi connectivity index (χ3n) is 4.09. The molecule has 0 aliphatic carbocycles. The maximum absolute atomic E-state index is 12.0. The van der Waals surface area contributed by atoms with Crippen molar-refractivity contribution in [2.24, 2.45) is 0 Å². The Balaban J connectivity index is 1.49. The molecule has 2 N–H and O–H groups in total. The number of urea groups is 1. The normalized spacial score (nSPS) is 14.0. The van der Waals surface area contributed by atoms with E-state index in [1.54, 1.807) is 13.2 Å². The molecule has 3 rings (SSSR count). The second-order valence-corrected chi connectivity index (χ2v) is 5.81. The van der Waals surface area contributed by atoms with E-state index < -0.39 is 0 Å². The van der Waals surface area contributed by atoms with E-state index in [9.17, 15) is 4.79 Å². The van der Waals surface area contributed by atoms with Gasteiger partial charge >= 0.3 is 6.03 Å². The molecule has 1 heterocycles. The number of ether oxygens (including phenoxy) is 2. The lowest BCUT2D eigenvalue weighted by molar-refractivity contribution is 0.122. The van der Waals surface area contributed by atoms with Gasteiger partial charge in [-0.1, -0.05) is 18.2 Å². The number of methoxy groups -OCH3 is 1. The first-order valence-corrected chi connectivity index (χ1v) is 8.35. The van der Waals surface area contributed by atoms with E-state index in [1.807, 2.05) is 30.3 Å². The molecule has 6 heteroatoms. The molecule has 2 amide bonds. The quantitative estimate of drug-likeness (QED) is 0.878. The third-order valence-corrected chi connectivity index (χ3v) is 4.09. The Kier molecular flexibility index (Phi) is 5.74. The highest BCUT2D eigenvalue weighted by molar-refractivity contribution is 5.89. The van der Waals surface area contributed by atoms with Crippen LogP contribution in [0.3, 0.4) is 0 Å². The number of rotatable bonds is 5. The van der Waals surface area contributed by atoms with Crippen molar-refractivity contribution in [2.45, 2.75) is 6.54 Å². The molecule has 1 fully saturated rings. The summed E-state index contributed by atoms with van der Waals surface area (Å²) in [5.74, 6) is 0.705. The SMILES string of the molecule is COc1cccc(NC(=O)NCc2ccc(N3CCOCC3)cc2)c1. The van der Waals surface area contributed by atoms with Crippen molar-refractivity contribution in [3.63, 3.8) is 0 Å². The van der Waals surface area contributed by atoms with Crippen LogP contribution in [-0.4, -0.2) is 39.4 Å². The molecular formula is C19H23N3O3. The minimum Gasteiger partial charge on any atom is -0.497 e. The Morgan fingerprint density at radius 1 is 1.16 bits per heavy atom. The van der Waals surface area contributed by atoms with E-state index >= 15 is 0 Å². The molecule has 1 aliphatic rings. The highest BCUT2D eigenvalue weighted by Gasteiger charge is 2.10. The largest absolute Gasteiger partial charge is 0.497 e. The van der Waals surface area contributed by atoms with Crippen LogP contribution in [0.15, 0.2) is 48.5 Å². The lowest BCUT2D eigenvalue weighted by Crippen LogP contribution is -2.36. The summed E-state index contributed by atoms with van der Waals surface area (Å²) < 4.78 is 10.5. The number of hydrogen-bond donors (Lipinski definition) is 2. The highest BCUT2D eigenvalue weighted by Crippen LogP contribution is 2.18. The van der Waals surface area contributed by atoms with Crippen LogP contribution < -0.4 is 20.3 Å². The molecule has 2 aromatic carbocycles. The average molecular weight is 341 g/mol. The summed E-state index contributed by atoms with van der Waals surface area (Å²) in [7, 11) is 1.60. The lowest BCUT2D eigenvalue weighted by Gasteiger charge is -2.28. The Morgan fingerprint density at radius 2 is 1.92 bits per heavy atom. The summed E-state index contributed by atoms with van der Waals surface area (Å²) in [6.07, 6.45) is 0. The van der Waals surface area contributed by atoms with Crippen molar-refractivity contribution in [1.29, 1.82) is 0 Å². The Hall–Kier alpha value is -2.73. The molecule has 1 aliphatic heterocycles. The van der Waals surface area contributed by atoms with Crippen molar-refractivity contribution < 1.29 is 14.3 Å². The van der Waals surface area contributed by atoms with Gasteiger partial charge in [0.1, 0.15) is 5.75 Å². The van der Waals surface area contributed by atoms with Gasteiger partial charge in [-0.3, -0.25) is 0 Å². The van der Waals surface area contributed by atoms with Crippen LogP contribution in [0, 0.1) is 0 Å². The summed E-state index contributed by atoms with van der Waals surface area (Å²) >= 11 is 0. The van der Waals surface area contributed by atoms with Crippen LogP contribution in [0.5, 0.6) is 5.75 Å². The third kappa shape index (κ3) is 4.87. The van der Waals surface area contributed by atoms with Gasteiger partial charge in [-0.25, -0.2) is 4.79 Å². The molecule has 0 bridgehead atoms. The average Bonchev–Trinajstić information content (AvgIpc) is 2.67. The summed E-state index contributed by atoms with van der Waals surface area (Å²) in [5.41, 5.74) is 2.94. The highest BCUT2D eigenvalue weighted by atomic mass is 16.5. The van der Waals surface area contributed by atoms with Crippen molar-refractivity contribution in [2.75, 3.05) is 43.6 Å². The maximum atomic E-state index is 12.0. The Bertz CT molecular complexity index is 697. The monoisotopic (exact) mass is 341 g/mol. The molecule has 132 valence electrons. The molecule has 1 saturated heterocycles. The standard InChI is InChI=1S/C19H23N3O3/c1-24-18-4-2-3-16(13-18)21-19(23)20-14-15-5-7-17(8-6-15)22-9-11-25-12-10-22/h2-8,13H,9-12,14H2,1H3,(H2,20,21,23). The molecule has 0 aromatic heterocycles. The number of carbonyl (C=O) groups is 1. The van der Waals surface area contributed by atoms with E-state index in [0.717, 1.165) is 31.9 Å².